The summed E-state index contributed by atoms with van der Waals surface area (Å²) in [4.78, 5) is 11.8. The van der Waals surface area contributed by atoms with Crippen LogP contribution < -0.4 is 0 Å². The van der Waals surface area contributed by atoms with Gasteiger partial charge in [-0.3, -0.25) is 10.1 Å². The Hall–Kier alpha value is -1.50. The predicted molar refractivity (Wildman–Crippen MR) is 73.9 cm³/mol. The standard InChI is InChI=1S/C14H20N2O4/c17-13(11-16(19)20)10-15-8-6-14(18,7-9-15)12-4-2-1-3-5-12/h1-5,13,17-18H,6-11H2. The van der Waals surface area contributed by atoms with Crippen LogP contribution in [0.5, 0.6) is 0 Å². The predicted octanol–water partition coefficient (Wildman–Crippen LogP) is 0.608. The van der Waals surface area contributed by atoms with E-state index in [0.717, 1.165) is 5.56 Å². The molecule has 0 amide bonds. The van der Waals surface area contributed by atoms with Crippen molar-refractivity contribution in [1.82, 2.24) is 4.90 Å². The quantitative estimate of drug-likeness (QED) is 0.609. The van der Waals surface area contributed by atoms with Gasteiger partial charge in [0.25, 0.3) is 0 Å². The van der Waals surface area contributed by atoms with E-state index in [0.29, 0.717) is 25.9 Å². The molecular formula is C14H20N2O4. The third kappa shape index (κ3) is 3.75. The van der Waals surface area contributed by atoms with Gasteiger partial charge < -0.3 is 15.1 Å². The lowest BCUT2D eigenvalue weighted by Crippen LogP contribution is -2.46. The summed E-state index contributed by atoms with van der Waals surface area (Å²) in [5.74, 6) is 0. The monoisotopic (exact) mass is 280 g/mol. The Morgan fingerprint density at radius 1 is 1.30 bits per heavy atom. The van der Waals surface area contributed by atoms with Crippen molar-refractivity contribution in [3.05, 3.63) is 46.0 Å². The average Bonchev–Trinajstić information content (AvgIpc) is 2.42. The topological polar surface area (TPSA) is 86.8 Å². The SMILES string of the molecule is O=[N+]([O-])CC(O)CN1CCC(O)(c2ccccc2)CC1. The Bertz CT molecular complexity index is 444. The average molecular weight is 280 g/mol. The highest BCUT2D eigenvalue weighted by Gasteiger charge is 2.34. The molecule has 1 unspecified atom stereocenters. The van der Waals surface area contributed by atoms with Crippen molar-refractivity contribution >= 4 is 0 Å². The molecular weight excluding hydrogens is 260 g/mol. The summed E-state index contributed by atoms with van der Waals surface area (Å²) in [5, 5.41) is 30.5. The van der Waals surface area contributed by atoms with Crippen molar-refractivity contribution in [2.45, 2.75) is 24.5 Å². The molecule has 1 aliphatic rings. The van der Waals surface area contributed by atoms with Crippen LogP contribution in [0, 0.1) is 10.1 Å². The van der Waals surface area contributed by atoms with E-state index < -0.39 is 23.2 Å². The summed E-state index contributed by atoms with van der Waals surface area (Å²) in [5.41, 5.74) is 0.0803. The Kier molecular flexibility index (Phi) is 4.69. The van der Waals surface area contributed by atoms with Crippen molar-refractivity contribution < 1.29 is 15.1 Å². The van der Waals surface area contributed by atoms with Gasteiger partial charge in [0.2, 0.25) is 6.54 Å². The van der Waals surface area contributed by atoms with Crippen molar-refractivity contribution in [2.24, 2.45) is 0 Å². The Labute approximate surface area is 117 Å². The molecule has 1 aliphatic heterocycles. The molecule has 2 N–H and O–H groups in total. The zero-order valence-electron chi connectivity index (χ0n) is 11.3. The summed E-state index contributed by atoms with van der Waals surface area (Å²) in [6.07, 6.45) is 0.192. The fourth-order valence-corrected chi connectivity index (χ4v) is 2.67. The fourth-order valence-electron chi connectivity index (χ4n) is 2.67. The van der Waals surface area contributed by atoms with Gasteiger partial charge >= 0.3 is 0 Å². The molecule has 1 aromatic rings. The maximum Gasteiger partial charge on any atom is 0.230 e. The van der Waals surface area contributed by atoms with Crippen molar-refractivity contribution in [2.75, 3.05) is 26.2 Å². The van der Waals surface area contributed by atoms with Crippen LogP contribution in [-0.2, 0) is 5.60 Å². The number of nitro groups is 1. The van der Waals surface area contributed by atoms with E-state index in [1.165, 1.54) is 0 Å². The number of aliphatic hydroxyl groups excluding tert-OH is 1. The molecule has 1 fully saturated rings. The van der Waals surface area contributed by atoms with Gasteiger partial charge in [-0.25, -0.2) is 0 Å². The zero-order valence-corrected chi connectivity index (χ0v) is 11.3. The molecule has 1 saturated heterocycles. The van der Waals surface area contributed by atoms with Gasteiger partial charge in [-0.05, 0) is 18.4 Å². The van der Waals surface area contributed by atoms with E-state index >= 15 is 0 Å². The first-order valence-corrected chi connectivity index (χ1v) is 6.80. The minimum absolute atomic E-state index is 0.284. The number of hydrogen-bond acceptors (Lipinski definition) is 5. The zero-order chi connectivity index (χ0) is 14.6. The molecule has 6 heteroatoms. The molecule has 1 aromatic carbocycles. The van der Waals surface area contributed by atoms with Gasteiger partial charge in [-0.1, -0.05) is 30.3 Å². The van der Waals surface area contributed by atoms with Crippen LogP contribution in [-0.4, -0.2) is 52.3 Å². The van der Waals surface area contributed by atoms with Crippen LogP contribution in [0.3, 0.4) is 0 Å². The first-order chi connectivity index (χ1) is 9.49. The van der Waals surface area contributed by atoms with Crippen LogP contribution in [0.15, 0.2) is 30.3 Å². The fraction of sp³-hybridized carbons (Fsp3) is 0.571. The highest BCUT2D eigenvalue weighted by Crippen LogP contribution is 2.32. The van der Waals surface area contributed by atoms with E-state index in [9.17, 15) is 20.3 Å². The van der Waals surface area contributed by atoms with Gasteiger partial charge in [0.15, 0.2) is 0 Å². The molecule has 0 spiro atoms. The maximum absolute atomic E-state index is 10.6. The summed E-state index contributed by atoms with van der Waals surface area (Å²) in [6, 6.07) is 9.55. The summed E-state index contributed by atoms with van der Waals surface area (Å²) in [7, 11) is 0. The van der Waals surface area contributed by atoms with Gasteiger partial charge in [-0.2, -0.15) is 0 Å². The van der Waals surface area contributed by atoms with E-state index in [-0.39, 0.29) is 6.54 Å². The normalized spacial score (nSPS) is 20.5. The molecule has 110 valence electrons. The van der Waals surface area contributed by atoms with Crippen molar-refractivity contribution in [3.8, 4) is 0 Å². The lowest BCUT2D eigenvalue weighted by molar-refractivity contribution is -0.490. The number of β-amino-alcohol motifs (C(OH)–C–C–N with tert-alkyl or cyclic N) is 1. The Morgan fingerprint density at radius 2 is 1.90 bits per heavy atom. The van der Waals surface area contributed by atoms with Crippen molar-refractivity contribution in [1.29, 1.82) is 0 Å². The Morgan fingerprint density at radius 3 is 2.45 bits per heavy atom. The van der Waals surface area contributed by atoms with E-state index in [2.05, 4.69) is 0 Å². The molecule has 1 heterocycles. The number of likely N-dealkylation sites (tertiary alicyclic amines) is 1. The highest BCUT2D eigenvalue weighted by molar-refractivity contribution is 5.22. The van der Waals surface area contributed by atoms with Crippen molar-refractivity contribution in [3.63, 3.8) is 0 Å². The molecule has 0 aliphatic carbocycles. The summed E-state index contributed by atoms with van der Waals surface area (Å²) >= 11 is 0. The third-order valence-corrected chi connectivity index (χ3v) is 3.82. The van der Waals surface area contributed by atoms with Crippen LogP contribution >= 0.6 is 0 Å². The second-order valence-electron chi connectivity index (χ2n) is 5.37. The first-order valence-electron chi connectivity index (χ1n) is 6.80. The largest absolute Gasteiger partial charge is 0.385 e. The number of aliphatic hydroxyl groups is 2. The second kappa shape index (κ2) is 6.30. The molecule has 0 bridgehead atoms. The van der Waals surface area contributed by atoms with Gasteiger partial charge in [-0.15, -0.1) is 0 Å². The van der Waals surface area contributed by atoms with Crippen LogP contribution in [0.4, 0.5) is 0 Å². The lowest BCUT2D eigenvalue weighted by atomic mass is 9.84. The minimum Gasteiger partial charge on any atom is -0.385 e. The smallest absolute Gasteiger partial charge is 0.230 e. The number of hydrogen-bond donors (Lipinski definition) is 2. The maximum atomic E-state index is 10.6. The molecule has 0 saturated carbocycles. The highest BCUT2D eigenvalue weighted by atomic mass is 16.6. The number of rotatable bonds is 5. The summed E-state index contributed by atoms with van der Waals surface area (Å²) < 4.78 is 0. The van der Waals surface area contributed by atoms with E-state index in [4.69, 9.17) is 0 Å². The van der Waals surface area contributed by atoms with Gasteiger partial charge in [0.1, 0.15) is 6.10 Å². The first kappa shape index (κ1) is 14.9. The van der Waals surface area contributed by atoms with E-state index in [1.54, 1.807) is 0 Å². The van der Waals surface area contributed by atoms with Crippen LogP contribution in [0.25, 0.3) is 0 Å². The molecule has 1 atom stereocenters. The third-order valence-electron chi connectivity index (χ3n) is 3.82. The minimum atomic E-state index is -0.951. The molecule has 0 aromatic heterocycles. The van der Waals surface area contributed by atoms with Crippen LogP contribution in [0.1, 0.15) is 18.4 Å². The van der Waals surface area contributed by atoms with Gasteiger partial charge in [0, 0.05) is 24.6 Å². The molecule has 2 rings (SSSR count). The summed E-state index contributed by atoms with van der Waals surface area (Å²) in [6.45, 7) is 1.10. The molecule has 6 nitrogen and oxygen atoms in total. The molecule has 20 heavy (non-hydrogen) atoms. The lowest BCUT2D eigenvalue weighted by Gasteiger charge is -2.38. The second-order valence-corrected chi connectivity index (χ2v) is 5.37. The van der Waals surface area contributed by atoms with Gasteiger partial charge in [0.05, 0.1) is 5.60 Å². The number of piperidine rings is 1. The number of nitrogens with zero attached hydrogens (tertiary/aromatic N) is 2. The Balaban J connectivity index is 1.87. The number of benzene rings is 1. The molecule has 0 radical (unpaired) electrons. The van der Waals surface area contributed by atoms with Crippen LogP contribution in [0.2, 0.25) is 0 Å². The van der Waals surface area contributed by atoms with E-state index in [1.807, 2.05) is 35.2 Å².